The second kappa shape index (κ2) is 7.83. The fraction of sp³-hybridized carbons (Fsp3) is 0.538. The summed E-state index contributed by atoms with van der Waals surface area (Å²) in [6.45, 7) is 1.91. The molecule has 1 aromatic carbocycles. The molecule has 0 aliphatic carbocycles. The molecule has 0 saturated heterocycles. The average molecular weight is 267 g/mol. The van der Waals surface area contributed by atoms with E-state index in [1.807, 2.05) is 19.0 Å². The maximum atomic E-state index is 10.5. The van der Waals surface area contributed by atoms with Crippen molar-refractivity contribution in [2.45, 2.75) is 12.5 Å². The van der Waals surface area contributed by atoms with E-state index in [9.17, 15) is 15.2 Å². The van der Waals surface area contributed by atoms with Gasteiger partial charge in [-0.25, -0.2) is 0 Å². The first kappa shape index (κ1) is 15.6. The number of aliphatic hydroxyl groups is 1. The lowest BCUT2D eigenvalue weighted by molar-refractivity contribution is -0.384. The Labute approximate surface area is 113 Å². The predicted octanol–water partition coefficient (Wildman–Crippen LogP) is 0.649. The van der Waals surface area contributed by atoms with Gasteiger partial charge in [-0.1, -0.05) is 12.1 Å². The minimum Gasteiger partial charge on any atom is -0.390 e. The van der Waals surface area contributed by atoms with Gasteiger partial charge in [0.15, 0.2) is 0 Å². The van der Waals surface area contributed by atoms with Crippen molar-refractivity contribution in [2.75, 3.05) is 33.7 Å². The molecule has 0 bridgehead atoms. The molecule has 6 nitrogen and oxygen atoms in total. The highest BCUT2D eigenvalue weighted by Gasteiger charge is 2.05. The van der Waals surface area contributed by atoms with Gasteiger partial charge in [-0.2, -0.15) is 0 Å². The summed E-state index contributed by atoms with van der Waals surface area (Å²) in [7, 11) is 3.83. The first-order valence-electron chi connectivity index (χ1n) is 6.26. The number of nitro groups is 1. The van der Waals surface area contributed by atoms with Crippen LogP contribution in [-0.2, 0) is 6.42 Å². The molecule has 1 rings (SSSR count). The van der Waals surface area contributed by atoms with Crippen LogP contribution in [0.15, 0.2) is 24.3 Å². The van der Waals surface area contributed by atoms with Gasteiger partial charge >= 0.3 is 0 Å². The largest absolute Gasteiger partial charge is 0.390 e. The Hall–Kier alpha value is -1.50. The van der Waals surface area contributed by atoms with E-state index in [1.165, 1.54) is 12.1 Å². The highest BCUT2D eigenvalue weighted by Crippen LogP contribution is 2.11. The number of non-ortho nitro benzene ring substituents is 1. The highest BCUT2D eigenvalue weighted by atomic mass is 16.6. The Kier molecular flexibility index (Phi) is 6.41. The third kappa shape index (κ3) is 6.28. The summed E-state index contributed by atoms with van der Waals surface area (Å²) in [5.41, 5.74) is 1.15. The number of hydrogen-bond donors (Lipinski definition) is 2. The van der Waals surface area contributed by atoms with Crippen LogP contribution in [0.5, 0.6) is 0 Å². The quantitative estimate of drug-likeness (QED) is 0.411. The van der Waals surface area contributed by atoms with Crippen molar-refractivity contribution in [2.24, 2.45) is 0 Å². The van der Waals surface area contributed by atoms with Gasteiger partial charge in [0.1, 0.15) is 0 Å². The molecule has 0 aliphatic rings. The van der Waals surface area contributed by atoms with Crippen LogP contribution in [0.3, 0.4) is 0 Å². The molecule has 1 aromatic rings. The van der Waals surface area contributed by atoms with Crippen molar-refractivity contribution in [3.63, 3.8) is 0 Å². The molecule has 106 valence electrons. The fourth-order valence-corrected chi connectivity index (χ4v) is 1.77. The van der Waals surface area contributed by atoms with Crippen LogP contribution in [0.2, 0.25) is 0 Å². The number of aliphatic hydroxyl groups excluding tert-OH is 1. The second-order valence-corrected chi connectivity index (χ2v) is 4.79. The number of rotatable bonds is 8. The standard InChI is InChI=1S/C13H21N3O3/c1-15(2)10-13(17)9-14-8-7-11-3-5-12(6-4-11)16(18)19/h3-6,13-14,17H,7-10H2,1-2H3. The average Bonchev–Trinajstić information content (AvgIpc) is 2.34. The van der Waals surface area contributed by atoms with E-state index in [1.54, 1.807) is 12.1 Å². The number of nitro benzene ring substituents is 1. The van der Waals surface area contributed by atoms with Crippen molar-refractivity contribution < 1.29 is 10.0 Å². The lowest BCUT2D eigenvalue weighted by Crippen LogP contribution is -2.35. The molecule has 0 heterocycles. The zero-order chi connectivity index (χ0) is 14.3. The molecule has 0 radical (unpaired) electrons. The maximum Gasteiger partial charge on any atom is 0.269 e. The number of likely N-dealkylation sites (N-methyl/N-ethyl adjacent to an activating group) is 1. The van der Waals surface area contributed by atoms with E-state index >= 15 is 0 Å². The summed E-state index contributed by atoms with van der Waals surface area (Å²) >= 11 is 0. The van der Waals surface area contributed by atoms with Crippen molar-refractivity contribution in [1.82, 2.24) is 10.2 Å². The van der Waals surface area contributed by atoms with Crippen LogP contribution in [-0.4, -0.2) is 54.8 Å². The van der Waals surface area contributed by atoms with E-state index in [4.69, 9.17) is 0 Å². The Morgan fingerprint density at radius 2 is 2.00 bits per heavy atom. The van der Waals surface area contributed by atoms with Crippen molar-refractivity contribution in [3.05, 3.63) is 39.9 Å². The molecule has 0 aromatic heterocycles. The van der Waals surface area contributed by atoms with Gasteiger partial charge in [0.25, 0.3) is 5.69 Å². The smallest absolute Gasteiger partial charge is 0.269 e. The fourth-order valence-electron chi connectivity index (χ4n) is 1.77. The van der Waals surface area contributed by atoms with Crippen LogP contribution in [0.4, 0.5) is 5.69 Å². The first-order valence-corrected chi connectivity index (χ1v) is 6.26. The molecule has 0 amide bonds. The summed E-state index contributed by atoms with van der Waals surface area (Å²) in [5.74, 6) is 0. The van der Waals surface area contributed by atoms with Gasteiger partial charge in [0, 0.05) is 25.2 Å². The van der Waals surface area contributed by atoms with Crippen molar-refractivity contribution in [1.29, 1.82) is 0 Å². The van der Waals surface area contributed by atoms with Gasteiger partial charge < -0.3 is 15.3 Å². The zero-order valence-corrected chi connectivity index (χ0v) is 11.4. The van der Waals surface area contributed by atoms with Crippen LogP contribution in [0, 0.1) is 10.1 Å². The van der Waals surface area contributed by atoms with E-state index < -0.39 is 4.92 Å². The third-order valence-electron chi connectivity index (χ3n) is 2.69. The first-order chi connectivity index (χ1) is 8.99. The molecule has 0 aliphatic heterocycles. The SMILES string of the molecule is CN(C)CC(O)CNCCc1ccc([N+](=O)[O-])cc1. The predicted molar refractivity (Wildman–Crippen MR) is 74.2 cm³/mol. The van der Waals surface area contributed by atoms with Crippen molar-refractivity contribution >= 4 is 5.69 Å². The van der Waals surface area contributed by atoms with Gasteiger partial charge in [-0.3, -0.25) is 10.1 Å². The topological polar surface area (TPSA) is 78.6 Å². The molecule has 0 fully saturated rings. The third-order valence-corrected chi connectivity index (χ3v) is 2.69. The van der Waals surface area contributed by atoms with E-state index in [-0.39, 0.29) is 11.8 Å². The summed E-state index contributed by atoms with van der Waals surface area (Å²) in [6, 6.07) is 6.54. The Balaban J connectivity index is 2.24. The summed E-state index contributed by atoms with van der Waals surface area (Å²) in [5, 5.41) is 23.3. The molecule has 0 spiro atoms. The Morgan fingerprint density at radius 3 is 2.53 bits per heavy atom. The lowest BCUT2D eigenvalue weighted by atomic mass is 10.1. The van der Waals surface area contributed by atoms with Gasteiger partial charge in [-0.15, -0.1) is 0 Å². The van der Waals surface area contributed by atoms with Crippen LogP contribution in [0.1, 0.15) is 5.56 Å². The number of hydrogen-bond acceptors (Lipinski definition) is 5. The number of benzene rings is 1. The monoisotopic (exact) mass is 267 g/mol. The van der Waals surface area contributed by atoms with E-state index in [0.29, 0.717) is 13.1 Å². The van der Waals surface area contributed by atoms with Crippen LogP contribution >= 0.6 is 0 Å². The molecular formula is C13H21N3O3. The zero-order valence-electron chi connectivity index (χ0n) is 11.4. The van der Waals surface area contributed by atoms with Crippen LogP contribution < -0.4 is 5.32 Å². The molecule has 19 heavy (non-hydrogen) atoms. The molecule has 6 heteroatoms. The summed E-state index contributed by atoms with van der Waals surface area (Å²) in [4.78, 5) is 12.0. The second-order valence-electron chi connectivity index (χ2n) is 4.79. The molecule has 1 unspecified atom stereocenters. The minimum absolute atomic E-state index is 0.109. The molecule has 0 saturated carbocycles. The maximum absolute atomic E-state index is 10.5. The Bertz CT molecular complexity index is 393. The van der Waals surface area contributed by atoms with E-state index in [0.717, 1.165) is 18.5 Å². The normalized spacial score (nSPS) is 12.6. The Morgan fingerprint density at radius 1 is 1.37 bits per heavy atom. The minimum atomic E-state index is -0.403. The molecular weight excluding hydrogens is 246 g/mol. The highest BCUT2D eigenvalue weighted by molar-refractivity contribution is 5.32. The summed E-state index contributed by atoms with van der Waals surface area (Å²) < 4.78 is 0. The number of nitrogens with zero attached hydrogens (tertiary/aromatic N) is 2. The van der Waals surface area contributed by atoms with Gasteiger partial charge in [0.05, 0.1) is 11.0 Å². The lowest BCUT2D eigenvalue weighted by Gasteiger charge is -2.16. The molecule has 1 atom stereocenters. The van der Waals surface area contributed by atoms with Crippen LogP contribution in [0.25, 0.3) is 0 Å². The summed E-state index contributed by atoms with van der Waals surface area (Å²) in [6.07, 6.45) is 0.402. The van der Waals surface area contributed by atoms with E-state index in [2.05, 4.69) is 5.32 Å². The van der Waals surface area contributed by atoms with Gasteiger partial charge in [0.2, 0.25) is 0 Å². The molecule has 2 N–H and O–H groups in total. The van der Waals surface area contributed by atoms with Crippen molar-refractivity contribution in [3.8, 4) is 0 Å². The van der Waals surface area contributed by atoms with Gasteiger partial charge in [-0.05, 0) is 32.6 Å². The number of nitrogens with one attached hydrogen (secondary N) is 1.